The molecule has 1 saturated heterocycles. The third-order valence-electron chi connectivity index (χ3n) is 8.93. The van der Waals surface area contributed by atoms with Gasteiger partial charge in [-0.3, -0.25) is 4.79 Å². The van der Waals surface area contributed by atoms with Crippen LogP contribution in [-0.2, 0) is 4.79 Å². The average Bonchev–Trinajstić information content (AvgIpc) is 3.69. The van der Waals surface area contributed by atoms with Crippen LogP contribution in [0.3, 0.4) is 0 Å². The van der Waals surface area contributed by atoms with Gasteiger partial charge in [-0.15, -0.1) is 6.58 Å². The van der Waals surface area contributed by atoms with Crippen molar-refractivity contribution in [3.63, 3.8) is 0 Å². The summed E-state index contributed by atoms with van der Waals surface area (Å²) >= 11 is 0. The lowest BCUT2D eigenvalue weighted by Crippen LogP contribution is -2.15. The Hall–Kier alpha value is -4.52. The highest BCUT2D eigenvalue weighted by atomic mass is 16.4. The molecule has 1 aliphatic carbocycles. The first-order valence-corrected chi connectivity index (χ1v) is 14.1. The molecule has 0 amide bonds. The molecule has 0 radical (unpaired) electrons. The summed E-state index contributed by atoms with van der Waals surface area (Å²) in [6, 6.07) is 0. The van der Waals surface area contributed by atoms with Crippen LogP contribution in [-0.4, -0.2) is 33.3 Å². The second kappa shape index (κ2) is 9.84. The van der Waals surface area contributed by atoms with Crippen LogP contribution in [0, 0.1) is 11.8 Å². The van der Waals surface area contributed by atoms with Crippen molar-refractivity contribution in [3.8, 4) is 0 Å². The van der Waals surface area contributed by atoms with Crippen molar-refractivity contribution in [1.82, 2.24) is 5.32 Å². The van der Waals surface area contributed by atoms with Gasteiger partial charge in [0.1, 0.15) is 5.76 Å². The van der Waals surface area contributed by atoms with E-state index in [0.717, 1.165) is 91.1 Å². The van der Waals surface area contributed by atoms with Crippen LogP contribution in [0.4, 0.5) is 0 Å². The predicted molar refractivity (Wildman–Crippen MR) is 164 cm³/mol. The van der Waals surface area contributed by atoms with E-state index in [4.69, 9.17) is 15.0 Å². The van der Waals surface area contributed by atoms with Gasteiger partial charge in [0.15, 0.2) is 0 Å². The predicted octanol–water partition coefficient (Wildman–Crippen LogP) is 6.87. The first kappa shape index (κ1) is 26.7. The Bertz CT molecular complexity index is 1710. The lowest BCUT2D eigenvalue weighted by molar-refractivity contribution is -0.137. The first-order chi connectivity index (χ1) is 19.7. The largest absolute Gasteiger partial charge is 0.511 e. The van der Waals surface area contributed by atoms with Crippen LogP contribution in [0.1, 0.15) is 53.4 Å². The molecule has 6 rings (SSSR count). The van der Waals surface area contributed by atoms with E-state index in [1.54, 1.807) is 0 Å². The Labute approximate surface area is 240 Å². The van der Waals surface area contributed by atoms with E-state index in [-0.39, 0.29) is 24.0 Å². The van der Waals surface area contributed by atoms with Crippen molar-refractivity contribution in [2.45, 2.75) is 53.4 Å². The van der Waals surface area contributed by atoms with E-state index in [1.165, 1.54) is 0 Å². The number of rotatable bonds is 6. The number of carbonyl (C=O) groups is 1. The number of aliphatic imine (C=N–C) groups is 3. The first-order valence-electron chi connectivity index (χ1n) is 14.1. The lowest BCUT2D eigenvalue weighted by Gasteiger charge is -2.17. The Morgan fingerprint density at radius 1 is 1.05 bits per heavy atom. The van der Waals surface area contributed by atoms with Gasteiger partial charge in [-0.25, -0.2) is 15.0 Å². The fourth-order valence-corrected chi connectivity index (χ4v) is 6.75. The maximum absolute atomic E-state index is 11.6. The Morgan fingerprint density at radius 2 is 1.78 bits per heavy atom. The van der Waals surface area contributed by atoms with Crippen LogP contribution < -0.4 is 5.32 Å². The highest BCUT2D eigenvalue weighted by Crippen LogP contribution is 2.46. The molecule has 0 aromatic carbocycles. The third kappa shape index (κ3) is 4.10. The van der Waals surface area contributed by atoms with Crippen molar-refractivity contribution in [1.29, 1.82) is 0 Å². The average molecular weight is 547 g/mol. The Kier molecular flexibility index (Phi) is 6.40. The fraction of sp³-hybridized carbons (Fsp3) is 0.294. The number of carboxylic acid groups (broad SMARTS) is 1. The minimum atomic E-state index is -0.846. The van der Waals surface area contributed by atoms with E-state index >= 15 is 0 Å². The summed E-state index contributed by atoms with van der Waals surface area (Å²) in [5.41, 5.74) is 13.5. The summed E-state index contributed by atoms with van der Waals surface area (Å²) in [4.78, 5) is 26.7. The van der Waals surface area contributed by atoms with E-state index in [0.29, 0.717) is 12.8 Å². The van der Waals surface area contributed by atoms with Gasteiger partial charge >= 0.3 is 5.97 Å². The molecule has 0 aromatic rings. The smallest absolute Gasteiger partial charge is 0.303 e. The lowest BCUT2D eigenvalue weighted by atomic mass is 9.85. The molecular formula is C34H34N4O3. The molecule has 3 N–H and O–H groups in total. The van der Waals surface area contributed by atoms with Crippen molar-refractivity contribution < 1.29 is 15.0 Å². The van der Waals surface area contributed by atoms with Crippen molar-refractivity contribution >= 4 is 23.1 Å². The zero-order valence-electron chi connectivity index (χ0n) is 23.9. The molecule has 0 unspecified atom stereocenters. The van der Waals surface area contributed by atoms with Gasteiger partial charge in [0.05, 0.1) is 34.2 Å². The zero-order valence-corrected chi connectivity index (χ0v) is 23.9. The molecule has 6 aliphatic rings. The number of allylic oxidation sites excluding steroid dienone is 12. The van der Waals surface area contributed by atoms with Crippen molar-refractivity contribution in [2.75, 3.05) is 0 Å². The summed E-state index contributed by atoms with van der Waals surface area (Å²) in [7, 11) is 0. The maximum Gasteiger partial charge on any atom is 0.303 e. The van der Waals surface area contributed by atoms with E-state index in [9.17, 15) is 15.0 Å². The van der Waals surface area contributed by atoms with Crippen LogP contribution >= 0.6 is 0 Å². The summed E-state index contributed by atoms with van der Waals surface area (Å²) < 4.78 is 0. The number of hydrogen-bond acceptors (Lipinski definition) is 6. The molecule has 7 heteroatoms. The Morgan fingerprint density at radius 3 is 2.46 bits per heavy atom. The number of carboxylic acids is 1. The minimum Gasteiger partial charge on any atom is -0.511 e. The van der Waals surface area contributed by atoms with Gasteiger partial charge in [0, 0.05) is 52.8 Å². The van der Waals surface area contributed by atoms with Gasteiger partial charge in [-0.1, -0.05) is 25.7 Å². The molecule has 41 heavy (non-hydrogen) atoms. The Balaban J connectivity index is 1.63. The molecule has 5 aliphatic heterocycles. The van der Waals surface area contributed by atoms with Crippen LogP contribution in [0.15, 0.2) is 132 Å². The van der Waals surface area contributed by atoms with E-state index < -0.39 is 5.97 Å². The van der Waals surface area contributed by atoms with Crippen molar-refractivity contribution in [3.05, 3.63) is 117 Å². The van der Waals surface area contributed by atoms with Gasteiger partial charge in [-0.05, 0) is 74.1 Å². The maximum atomic E-state index is 11.6. The summed E-state index contributed by atoms with van der Waals surface area (Å²) in [6.07, 6.45) is 11.4. The number of aliphatic carboxylic acids is 1. The highest BCUT2D eigenvalue weighted by Gasteiger charge is 2.41. The van der Waals surface area contributed by atoms with E-state index in [2.05, 4.69) is 32.3 Å². The van der Waals surface area contributed by atoms with Crippen molar-refractivity contribution in [2.24, 2.45) is 26.8 Å². The summed E-state index contributed by atoms with van der Waals surface area (Å²) in [6.45, 7) is 16.4. The summed E-state index contributed by atoms with van der Waals surface area (Å²) in [5, 5.41) is 24.3. The number of aliphatic hydroxyl groups is 1. The van der Waals surface area contributed by atoms with E-state index in [1.807, 2.05) is 44.2 Å². The molecule has 208 valence electrons. The molecule has 5 heterocycles. The second-order valence-corrected chi connectivity index (χ2v) is 11.1. The van der Waals surface area contributed by atoms with Gasteiger partial charge < -0.3 is 15.5 Å². The number of nitrogens with zero attached hydrogens (tertiary/aromatic N) is 3. The summed E-state index contributed by atoms with van der Waals surface area (Å²) in [5.74, 6) is -0.867. The molecule has 2 atom stereocenters. The second-order valence-electron chi connectivity index (χ2n) is 11.1. The van der Waals surface area contributed by atoms with Crippen LogP contribution in [0.5, 0.6) is 0 Å². The van der Waals surface area contributed by atoms with Gasteiger partial charge in [0.25, 0.3) is 0 Å². The van der Waals surface area contributed by atoms with Gasteiger partial charge in [0.2, 0.25) is 0 Å². The monoisotopic (exact) mass is 546 g/mol. The van der Waals surface area contributed by atoms with Crippen LogP contribution in [0.2, 0.25) is 0 Å². The third-order valence-corrected chi connectivity index (χ3v) is 8.93. The standard InChI is InChI=1S/C34H34N4O3/c1-7-19-17(5)25-14-29-21(9-3)22(10-11-31(40)41)33(38-29)23-12-30(39)32-18(6)26(37-34(23)32)15-28-20(8-2)16(4)24(35-28)13-27(19)36-25/h7,9,13-15,21-22,38-39H,1,3,8,10-12H2,2,4-6H3,(H,40,41)/t21-,22-/m0/s1. The van der Waals surface area contributed by atoms with Gasteiger partial charge in [-0.2, -0.15) is 0 Å². The highest BCUT2D eigenvalue weighted by molar-refractivity contribution is 6.21. The number of nitrogens with one attached hydrogen (secondary N) is 1. The number of fused-ring (bicyclic) bond motifs is 5. The van der Waals surface area contributed by atoms with Crippen LogP contribution in [0.25, 0.3) is 0 Å². The molecule has 1 fully saturated rings. The number of hydrogen-bond donors (Lipinski definition) is 3. The topological polar surface area (TPSA) is 107 Å². The molecule has 7 nitrogen and oxygen atoms in total. The molecular weight excluding hydrogens is 512 g/mol. The fourth-order valence-electron chi connectivity index (χ4n) is 6.75. The number of aliphatic hydroxyl groups excluding tert-OH is 1. The molecule has 0 saturated carbocycles. The molecule has 8 bridgehead atoms. The molecule has 0 spiro atoms. The quantitative estimate of drug-likeness (QED) is 0.316. The zero-order chi connectivity index (χ0) is 29.2. The SMILES string of the molecule is C=CC1=C(C)C2=NC1=CC1=NC(=CC3=C(C)C4=C(O)CC(=C5NC(=C2)[C@@H](C=C)[C@@H]5CCC(=O)O)C4=N3)C(CC)=C1C. The minimum absolute atomic E-state index is 0.0209. The normalized spacial score (nSPS) is 24.9. The molecule has 0 aromatic heterocycles.